The van der Waals surface area contributed by atoms with Crippen LogP contribution in [-0.4, -0.2) is 90.4 Å². The first-order valence-electron chi connectivity index (χ1n) is 16.1. The van der Waals surface area contributed by atoms with E-state index in [1.807, 2.05) is 12.1 Å². The maximum absolute atomic E-state index is 13.3. The molecule has 4 unspecified atom stereocenters. The molecular weight excluding hydrogens is 736 g/mol. The fourth-order valence-corrected chi connectivity index (χ4v) is 6.58. The monoisotopic (exact) mass is 785 g/mol. The summed E-state index contributed by atoms with van der Waals surface area (Å²) >= 11 is 0. The quantitative estimate of drug-likeness (QED) is 0.0964. The molecule has 1 aliphatic carbocycles. The van der Waals surface area contributed by atoms with Crippen molar-refractivity contribution in [3.8, 4) is 28.7 Å². The number of rotatable bonds is 18. The number of nitrogens with one attached hydrogen (secondary N) is 4. The number of amides is 1. The van der Waals surface area contributed by atoms with Gasteiger partial charge in [-0.2, -0.15) is 0 Å². The van der Waals surface area contributed by atoms with Crippen molar-refractivity contribution in [2.75, 3.05) is 73.4 Å². The van der Waals surface area contributed by atoms with Gasteiger partial charge in [-0.1, -0.05) is 0 Å². The largest absolute Gasteiger partial charge is 0.502 e. The molecule has 2 aromatic rings. The van der Waals surface area contributed by atoms with E-state index in [9.17, 15) is 14.7 Å². The Morgan fingerprint density at radius 1 is 0.820 bits per heavy atom. The van der Waals surface area contributed by atoms with Gasteiger partial charge in [-0.05, 0) is 106 Å². The molecule has 0 radical (unpaired) electrons. The molecule has 50 heavy (non-hydrogen) atoms. The van der Waals surface area contributed by atoms with Crippen LogP contribution in [0.1, 0.15) is 54.3 Å². The first-order chi connectivity index (χ1) is 22.5. The van der Waals surface area contributed by atoms with Gasteiger partial charge in [0, 0.05) is 11.8 Å². The van der Waals surface area contributed by atoms with E-state index in [-0.39, 0.29) is 105 Å². The van der Waals surface area contributed by atoms with E-state index in [4.69, 9.17) is 29.4 Å². The highest BCUT2D eigenvalue weighted by Crippen LogP contribution is 2.55. The lowest BCUT2D eigenvalue weighted by atomic mass is 9.65. The summed E-state index contributed by atoms with van der Waals surface area (Å²) in [7, 11) is 2.92. The lowest BCUT2D eigenvalue weighted by molar-refractivity contribution is -0.141. The highest BCUT2D eigenvalue weighted by atomic mass is 35.5. The molecule has 0 bridgehead atoms. The molecule has 0 spiro atoms. The second-order valence-electron chi connectivity index (χ2n) is 11.8. The van der Waals surface area contributed by atoms with Gasteiger partial charge in [0.05, 0.1) is 39.3 Å². The molecule has 284 valence electrons. The van der Waals surface area contributed by atoms with Crippen LogP contribution in [0.4, 0.5) is 0 Å². The Bertz CT molecular complexity index is 1350. The maximum Gasteiger partial charge on any atom is 0.310 e. The molecule has 13 nitrogen and oxygen atoms in total. The molecule has 0 saturated carbocycles. The number of aromatic hydroxyl groups is 1. The fourth-order valence-electron chi connectivity index (χ4n) is 6.58. The molecule has 2 heterocycles. The molecule has 1 amide bonds. The topological polar surface area (TPSA) is 175 Å². The van der Waals surface area contributed by atoms with Gasteiger partial charge in [-0.25, -0.2) is 0 Å². The van der Waals surface area contributed by atoms with Gasteiger partial charge in [0.15, 0.2) is 23.0 Å². The minimum atomic E-state index is -0.599. The number of esters is 1. The van der Waals surface area contributed by atoms with Gasteiger partial charge in [0.2, 0.25) is 18.4 Å². The number of methoxy groups -OCH3 is 2. The number of nitrogens with two attached hydrogens (primary N) is 1. The van der Waals surface area contributed by atoms with Crippen LogP contribution in [-0.2, 0) is 14.3 Å². The van der Waals surface area contributed by atoms with Gasteiger partial charge < -0.3 is 55.8 Å². The van der Waals surface area contributed by atoms with Gasteiger partial charge in [0.1, 0.15) is 0 Å². The third kappa shape index (κ3) is 10.7. The molecule has 7 N–H and O–H groups in total. The summed E-state index contributed by atoms with van der Waals surface area (Å²) in [6.07, 6.45) is 4.13. The van der Waals surface area contributed by atoms with Crippen molar-refractivity contribution < 1.29 is 38.4 Å². The van der Waals surface area contributed by atoms with Crippen LogP contribution in [0.3, 0.4) is 0 Å². The molecular formula is C33H51Cl4N5O8. The molecule has 1 fully saturated rings. The number of unbranched alkanes of at least 4 members (excludes halogenated alkanes) is 1. The lowest BCUT2D eigenvalue weighted by Crippen LogP contribution is -2.45. The Morgan fingerprint density at radius 2 is 1.38 bits per heavy atom. The van der Waals surface area contributed by atoms with Crippen LogP contribution in [0.2, 0.25) is 0 Å². The summed E-state index contributed by atoms with van der Waals surface area (Å²) in [5.41, 5.74) is 7.84. The number of cyclic esters (lactones) is 1. The molecule has 4 atom stereocenters. The number of halogens is 4. The minimum absolute atomic E-state index is 0. The van der Waals surface area contributed by atoms with Gasteiger partial charge in [0.25, 0.3) is 0 Å². The normalized spacial score (nSPS) is 19.3. The summed E-state index contributed by atoms with van der Waals surface area (Å²) in [4.78, 5) is 26.6. The first kappa shape index (κ1) is 45.4. The van der Waals surface area contributed by atoms with Crippen LogP contribution in [0, 0.1) is 11.8 Å². The van der Waals surface area contributed by atoms with E-state index in [1.165, 1.54) is 14.2 Å². The second kappa shape index (κ2) is 22.3. The Balaban J connectivity index is 0.00000312. The predicted molar refractivity (Wildman–Crippen MR) is 200 cm³/mol. The van der Waals surface area contributed by atoms with Crippen molar-refractivity contribution in [1.82, 2.24) is 21.3 Å². The molecule has 2 aromatic carbocycles. The summed E-state index contributed by atoms with van der Waals surface area (Å²) in [5, 5.41) is 23.8. The standard InChI is InChI=1S/C33H47N5O8.4ClH/c1-42-26-13-20(14-27(43-2)32(26)40)29-21-15-24-25(46-19-45-24)16-22(21)31(23-18-44-33(41)30(23)29)38-28(39)17-37-12-6-11-36-9-4-3-8-35-10-5-7-34;;;;/h13-16,23,29-31,35-37,40H,3-12,17-19,34H2,1-2H3,(H,38,39);4*1H. The summed E-state index contributed by atoms with van der Waals surface area (Å²) in [6.45, 7) is 5.62. The minimum Gasteiger partial charge on any atom is -0.502 e. The van der Waals surface area contributed by atoms with Crippen molar-refractivity contribution in [2.24, 2.45) is 17.6 Å². The number of phenols is 1. The van der Waals surface area contributed by atoms with Crippen molar-refractivity contribution >= 4 is 61.5 Å². The van der Waals surface area contributed by atoms with Crippen LogP contribution in [0.25, 0.3) is 0 Å². The zero-order valence-electron chi connectivity index (χ0n) is 28.3. The summed E-state index contributed by atoms with van der Waals surface area (Å²) in [6, 6.07) is 6.69. The van der Waals surface area contributed by atoms with Gasteiger partial charge in [-0.15, -0.1) is 49.6 Å². The Hall–Kier alpha value is -2.62. The first-order valence-corrected chi connectivity index (χ1v) is 16.1. The molecule has 3 aliphatic rings. The molecule has 0 aromatic heterocycles. The lowest BCUT2D eigenvalue weighted by Gasteiger charge is -2.39. The Morgan fingerprint density at radius 3 is 1.98 bits per heavy atom. The number of benzene rings is 2. The molecule has 2 aliphatic heterocycles. The average Bonchev–Trinajstić information content (AvgIpc) is 3.68. The third-order valence-electron chi connectivity index (χ3n) is 8.87. The van der Waals surface area contributed by atoms with Crippen molar-refractivity contribution in [3.63, 3.8) is 0 Å². The van der Waals surface area contributed by atoms with E-state index in [0.29, 0.717) is 23.6 Å². The second-order valence-corrected chi connectivity index (χ2v) is 11.8. The summed E-state index contributed by atoms with van der Waals surface area (Å²) < 4.78 is 27.9. The third-order valence-corrected chi connectivity index (χ3v) is 8.87. The van der Waals surface area contributed by atoms with E-state index < -0.39 is 17.9 Å². The highest BCUT2D eigenvalue weighted by Gasteiger charge is 2.53. The van der Waals surface area contributed by atoms with Crippen LogP contribution >= 0.6 is 49.6 Å². The van der Waals surface area contributed by atoms with E-state index in [1.54, 1.807) is 12.1 Å². The van der Waals surface area contributed by atoms with Crippen molar-refractivity contribution in [3.05, 3.63) is 41.0 Å². The number of ether oxygens (including phenoxy) is 5. The maximum atomic E-state index is 13.3. The van der Waals surface area contributed by atoms with Gasteiger partial charge >= 0.3 is 5.97 Å². The number of carbonyl (C=O) groups excluding carboxylic acids is 2. The smallest absolute Gasteiger partial charge is 0.310 e. The number of fused-ring (bicyclic) bond motifs is 3. The zero-order chi connectivity index (χ0) is 32.5. The number of phenolic OH excluding ortho intramolecular Hbond substituents is 1. The summed E-state index contributed by atoms with van der Waals surface area (Å²) in [5.74, 6) is -0.468. The fraction of sp³-hybridized carbons (Fsp3) is 0.576. The van der Waals surface area contributed by atoms with Gasteiger partial charge in [-0.3, -0.25) is 9.59 Å². The Labute approximate surface area is 318 Å². The molecule has 5 rings (SSSR count). The SMILES string of the molecule is COc1cc(C2c3cc4c(cc3C(NC(=O)CNCCCNCCCCNCCCN)C3COC(=O)C23)OCO4)cc(OC)c1O.Cl.Cl.Cl.Cl. The van der Waals surface area contributed by atoms with Crippen LogP contribution < -0.4 is 45.9 Å². The van der Waals surface area contributed by atoms with E-state index in [0.717, 1.165) is 69.5 Å². The number of carbonyl (C=O) groups is 2. The van der Waals surface area contributed by atoms with Crippen molar-refractivity contribution in [2.45, 2.75) is 37.6 Å². The molecule has 17 heteroatoms. The highest BCUT2D eigenvalue weighted by molar-refractivity contribution is 5.86. The van der Waals surface area contributed by atoms with E-state index in [2.05, 4.69) is 21.3 Å². The number of hydrogen-bond donors (Lipinski definition) is 6. The average molecular weight is 788 g/mol. The zero-order valence-corrected chi connectivity index (χ0v) is 31.6. The Kier molecular flexibility index (Phi) is 20.3. The van der Waals surface area contributed by atoms with Crippen LogP contribution in [0.15, 0.2) is 24.3 Å². The molecule has 1 saturated heterocycles. The van der Waals surface area contributed by atoms with Crippen molar-refractivity contribution in [1.29, 1.82) is 0 Å². The number of hydrogen-bond acceptors (Lipinski definition) is 12. The predicted octanol–water partition coefficient (Wildman–Crippen LogP) is 3.21. The van der Waals surface area contributed by atoms with Crippen LogP contribution in [0.5, 0.6) is 28.7 Å². The van der Waals surface area contributed by atoms with E-state index >= 15 is 0 Å².